The first-order chi connectivity index (χ1) is 15.4. The fraction of sp³-hybridized carbons (Fsp3) is 0.208. The highest BCUT2D eigenvalue weighted by atomic mass is 35.5. The lowest BCUT2D eigenvalue weighted by Crippen LogP contribution is -2.26. The van der Waals surface area contributed by atoms with Crippen LogP contribution < -0.4 is 14.8 Å². The van der Waals surface area contributed by atoms with Crippen LogP contribution in [0.5, 0.6) is 5.75 Å². The monoisotopic (exact) mass is 472 g/mol. The summed E-state index contributed by atoms with van der Waals surface area (Å²) in [6, 6.07) is 21.2. The van der Waals surface area contributed by atoms with Gasteiger partial charge in [-0.2, -0.15) is 0 Å². The fourth-order valence-electron chi connectivity index (χ4n) is 3.14. The van der Waals surface area contributed by atoms with E-state index in [0.29, 0.717) is 35.8 Å². The van der Waals surface area contributed by atoms with Crippen LogP contribution in [0.3, 0.4) is 0 Å². The molecular formula is C24H25ClN2O4S. The Hall–Kier alpha value is -2.87. The van der Waals surface area contributed by atoms with E-state index in [9.17, 15) is 13.2 Å². The van der Waals surface area contributed by atoms with Crippen molar-refractivity contribution >= 4 is 33.2 Å². The second kappa shape index (κ2) is 11.1. The van der Waals surface area contributed by atoms with Crippen LogP contribution in [0.2, 0.25) is 5.02 Å². The molecule has 3 rings (SSSR count). The number of nitrogens with one attached hydrogen (secondary N) is 2. The lowest BCUT2D eigenvalue weighted by Gasteiger charge is -2.11. The molecule has 3 aromatic rings. The third-order valence-electron chi connectivity index (χ3n) is 4.86. The third-order valence-corrected chi connectivity index (χ3v) is 6.57. The molecule has 0 unspecified atom stereocenters. The first-order valence-electron chi connectivity index (χ1n) is 10.1. The zero-order valence-corrected chi connectivity index (χ0v) is 19.2. The van der Waals surface area contributed by atoms with Crippen molar-refractivity contribution < 1.29 is 17.9 Å². The van der Waals surface area contributed by atoms with Crippen LogP contribution in [0, 0.1) is 0 Å². The van der Waals surface area contributed by atoms with Crippen LogP contribution in [0.15, 0.2) is 77.7 Å². The Balaban J connectivity index is 1.51. The van der Waals surface area contributed by atoms with Crippen LogP contribution >= 0.6 is 11.6 Å². The second-order valence-corrected chi connectivity index (χ2v) is 9.37. The lowest BCUT2D eigenvalue weighted by atomic mass is 10.1. The lowest BCUT2D eigenvalue weighted by molar-refractivity contribution is -0.116. The number of carbonyl (C=O) groups is 1. The average molecular weight is 473 g/mol. The maximum Gasteiger partial charge on any atom is 0.240 e. The van der Waals surface area contributed by atoms with Gasteiger partial charge in [0.05, 0.1) is 17.7 Å². The topological polar surface area (TPSA) is 84.5 Å². The van der Waals surface area contributed by atoms with Gasteiger partial charge in [0.15, 0.2) is 0 Å². The molecule has 0 heterocycles. The summed E-state index contributed by atoms with van der Waals surface area (Å²) in [4.78, 5) is 12.5. The number of benzene rings is 3. The number of ether oxygens (including phenoxy) is 1. The number of methoxy groups -OCH3 is 1. The molecule has 6 nitrogen and oxygen atoms in total. The number of halogens is 1. The summed E-state index contributed by atoms with van der Waals surface area (Å²) in [5.41, 5.74) is 2.44. The maximum atomic E-state index is 12.5. The van der Waals surface area contributed by atoms with Gasteiger partial charge in [0, 0.05) is 18.0 Å². The van der Waals surface area contributed by atoms with Gasteiger partial charge in [-0.25, -0.2) is 13.1 Å². The standard InChI is InChI=1S/C24H25ClN2O4S/c1-31-23-13-10-20(25)17-22(23)27-24(28)14-9-19-7-11-21(12-8-19)32(29,30)26-16-15-18-5-3-2-4-6-18/h2-8,10-13,17,26H,9,14-16H2,1H3,(H,27,28). The molecule has 0 aliphatic carbocycles. The summed E-state index contributed by atoms with van der Waals surface area (Å²) in [7, 11) is -2.07. The average Bonchev–Trinajstić information content (AvgIpc) is 2.79. The minimum Gasteiger partial charge on any atom is -0.495 e. The van der Waals surface area contributed by atoms with Gasteiger partial charge in [-0.1, -0.05) is 54.1 Å². The van der Waals surface area contributed by atoms with Crippen molar-refractivity contribution in [3.8, 4) is 5.75 Å². The van der Waals surface area contributed by atoms with E-state index >= 15 is 0 Å². The Labute approximate surface area is 193 Å². The molecule has 168 valence electrons. The first kappa shape index (κ1) is 23.8. The van der Waals surface area contributed by atoms with Gasteiger partial charge >= 0.3 is 0 Å². The number of anilines is 1. The molecule has 0 saturated carbocycles. The number of hydrogen-bond acceptors (Lipinski definition) is 4. The van der Waals surface area contributed by atoms with Gasteiger partial charge in [0.25, 0.3) is 0 Å². The zero-order chi connectivity index (χ0) is 23.0. The molecule has 0 bridgehead atoms. The number of sulfonamides is 1. The molecule has 0 fully saturated rings. The van der Waals surface area contributed by atoms with Crippen LogP contribution in [-0.2, 0) is 27.7 Å². The van der Waals surface area contributed by atoms with Crippen molar-refractivity contribution in [3.05, 3.63) is 88.9 Å². The summed E-state index contributed by atoms with van der Waals surface area (Å²) in [5, 5.41) is 3.29. The Bertz CT molecular complexity index is 1150. The quantitative estimate of drug-likeness (QED) is 0.457. The van der Waals surface area contributed by atoms with Gasteiger partial charge in [0.1, 0.15) is 5.75 Å². The van der Waals surface area contributed by atoms with Gasteiger partial charge in [-0.3, -0.25) is 4.79 Å². The second-order valence-electron chi connectivity index (χ2n) is 7.17. The Morgan fingerprint density at radius 1 is 0.938 bits per heavy atom. The minimum absolute atomic E-state index is 0.190. The van der Waals surface area contributed by atoms with Gasteiger partial charge in [-0.15, -0.1) is 0 Å². The molecule has 2 N–H and O–H groups in total. The number of rotatable bonds is 10. The number of aryl methyl sites for hydroxylation is 1. The van der Waals surface area contributed by atoms with E-state index in [2.05, 4.69) is 10.0 Å². The Morgan fingerprint density at radius 3 is 2.31 bits per heavy atom. The predicted octanol–water partition coefficient (Wildman–Crippen LogP) is 4.44. The molecule has 8 heteroatoms. The van der Waals surface area contributed by atoms with Crippen molar-refractivity contribution in [3.63, 3.8) is 0 Å². The molecule has 0 radical (unpaired) electrons. The van der Waals surface area contributed by atoms with E-state index in [1.54, 1.807) is 42.5 Å². The van der Waals surface area contributed by atoms with Gasteiger partial charge in [-0.05, 0) is 54.3 Å². The molecule has 0 atom stereocenters. The van der Waals surface area contributed by atoms with Crippen molar-refractivity contribution in [2.45, 2.75) is 24.2 Å². The van der Waals surface area contributed by atoms with E-state index in [1.165, 1.54) is 7.11 Å². The first-order valence-corrected chi connectivity index (χ1v) is 12.0. The van der Waals surface area contributed by atoms with E-state index < -0.39 is 10.0 Å². The number of amides is 1. The normalized spacial score (nSPS) is 11.2. The third kappa shape index (κ3) is 6.82. The number of carbonyl (C=O) groups excluding carboxylic acids is 1. The highest BCUT2D eigenvalue weighted by Gasteiger charge is 2.14. The highest BCUT2D eigenvalue weighted by Crippen LogP contribution is 2.27. The predicted molar refractivity (Wildman–Crippen MR) is 127 cm³/mol. The molecule has 0 aliphatic rings. The highest BCUT2D eigenvalue weighted by molar-refractivity contribution is 7.89. The summed E-state index contributed by atoms with van der Waals surface area (Å²) in [6.45, 7) is 0.321. The van der Waals surface area contributed by atoms with Crippen LogP contribution in [-0.4, -0.2) is 28.0 Å². The van der Waals surface area contributed by atoms with Gasteiger partial charge < -0.3 is 10.1 Å². The number of hydrogen-bond donors (Lipinski definition) is 2. The van der Waals surface area contributed by atoms with E-state index in [4.69, 9.17) is 16.3 Å². The zero-order valence-electron chi connectivity index (χ0n) is 17.7. The Morgan fingerprint density at radius 2 is 1.62 bits per heavy atom. The maximum absolute atomic E-state index is 12.5. The van der Waals surface area contributed by atoms with E-state index in [1.807, 2.05) is 30.3 Å². The summed E-state index contributed by atoms with van der Waals surface area (Å²) < 4.78 is 32.8. The summed E-state index contributed by atoms with van der Waals surface area (Å²) in [6.07, 6.45) is 1.32. The molecule has 0 aliphatic heterocycles. The van der Waals surface area contributed by atoms with Crippen LogP contribution in [0.25, 0.3) is 0 Å². The van der Waals surface area contributed by atoms with Crippen LogP contribution in [0.1, 0.15) is 17.5 Å². The molecule has 32 heavy (non-hydrogen) atoms. The molecule has 0 aromatic heterocycles. The molecule has 3 aromatic carbocycles. The molecular weight excluding hydrogens is 448 g/mol. The minimum atomic E-state index is -3.59. The molecule has 0 spiro atoms. The van der Waals surface area contributed by atoms with E-state index in [0.717, 1.165) is 11.1 Å². The SMILES string of the molecule is COc1ccc(Cl)cc1NC(=O)CCc1ccc(S(=O)(=O)NCCc2ccccc2)cc1. The van der Waals surface area contributed by atoms with Crippen molar-refractivity contribution in [1.29, 1.82) is 0 Å². The fourth-order valence-corrected chi connectivity index (χ4v) is 4.35. The summed E-state index contributed by atoms with van der Waals surface area (Å²) in [5.74, 6) is 0.335. The van der Waals surface area contributed by atoms with Crippen molar-refractivity contribution in [1.82, 2.24) is 4.72 Å². The van der Waals surface area contributed by atoms with Crippen LogP contribution in [0.4, 0.5) is 5.69 Å². The largest absolute Gasteiger partial charge is 0.495 e. The van der Waals surface area contributed by atoms with Gasteiger partial charge in [0.2, 0.25) is 15.9 Å². The smallest absolute Gasteiger partial charge is 0.240 e. The van der Waals surface area contributed by atoms with Crippen molar-refractivity contribution in [2.24, 2.45) is 0 Å². The molecule has 1 amide bonds. The summed E-state index contributed by atoms with van der Waals surface area (Å²) >= 11 is 5.98. The Kier molecular flexibility index (Phi) is 8.27. The molecule has 0 saturated heterocycles. The van der Waals surface area contributed by atoms with Crippen molar-refractivity contribution in [2.75, 3.05) is 19.0 Å². The van der Waals surface area contributed by atoms with E-state index in [-0.39, 0.29) is 17.2 Å².